The SMILES string of the molecule is CC(C)CC(CNC(=O)c1cccc2nc(CC(Cc3ccccc3)C(=O)O)cn12)c1ccccc1. The number of imidazole rings is 1. The minimum atomic E-state index is -0.856. The fraction of sp³-hybridized carbons (Fsp3) is 0.300. The molecule has 0 radical (unpaired) electrons. The summed E-state index contributed by atoms with van der Waals surface area (Å²) in [6, 6.07) is 25.3. The van der Waals surface area contributed by atoms with E-state index in [1.807, 2.05) is 60.7 Å². The second-order valence-corrected chi connectivity index (χ2v) is 9.75. The molecule has 0 saturated carbocycles. The summed E-state index contributed by atoms with van der Waals surface area (Å²) >= 11 is 0. The molecule has 36 heavy (non-hydrogen) atoms. The molecular formula is C30H33N3O3. The molecule has 6 nitrogen and oxygen atoms in total. The molecule has 0 bridgehead atoms. The van der Waals surface area contributed by atoms with E-state index in [9.17, 15) is 14.7 Å². The van der Waals surface area contributed by atoms with E-state index in [1.165, 1.54) is 5.56 Å². The van der Waals surface area contributed by atoms with Crippen molar-refractivity contribution >= 4 is 17.5 Å². The molecule has 4 aromatic rings. The van der Waals surface area contributed by atoms with E-state index in [-0.39, 0.29) is 18.2 Å². The molecule has 0 saturated heterocycles. The molecule has 2 heterocycles. The van der Waals surface area contributed by atoms with Crippen molar-refractivity contribution in [2.45, 2.75) is 39.0 Å². The number of amides is 1. The van der Waals surface area contributed by atoms with Gasteiger partial charge in [0.15, 0.2) is 0 Å². The van der Waals surface area contributed by atoms with Gasteiger partial charge in [-0.2, -0.15) is 0 Å². The molecule has 186 valence electrons. The van der Waals surface area contributed by atoms with Crippen molar-refractivity contribution in [3.63, 3.8) is 0 Å². The first-order valence-electron chi connectivity index (χ1n) is 12.5. The fourth-order valence-electron chi connectivity index (χ4n) is 4.68. The summed E-state index contributed by atoms with van der Waals surface area (Å²) in [6.07, 6.45) is 3.47. The Morgan fingerprint density at radius 1 is 0.917 bits per heavy atom. The van der Waals surface area contributed by atoms with Gasteiger partial charge in [-0.1, -0.05) is 80.6 Å². The number of hydrogen-bond donors (Lipinski definition) is 2. The molecule has 0 spiro atoms. The largest absolute Gasteiger partial charge is 0.481 e. The second kappa shape index (κ2) is 11.7. The van der Waals surface area contributed by atoms with Crippen LogP contribution in [0.15, 0.2) is 85.1 Å². The number of carboxylic acids is 1. The Balaban J connectivity index is 1.50. The van der Waals surface area contributed by atoms with E-state index in [4.69, 9.17) is 0 Å². The molecule has 2 aromatic heterocycles. The normalized spacial score (nSPS) is 13.0. The molecule has 1 amide bonds. The lowest BCUT2D eigenvalue weighted by molar-refractivity contribution is -0.141. The Hall–Kier alpha value is -3.93. The van der Waals surface area contributed by atoms with Crippen LogP contribution in [0.1, 0.15) is 53.5 Å². The first-order chi connectivity index (χ1) is 17.4. The molecule has 0 aliphatic heterocycles. The molecule has 0 aliphatic carbocycles. The number of hydrogen-bond acceptors (Lipinski definition) is 3. The van der Waals surface area contributed by atoms with Crippen LogP contribution >= 0.6 is 0 Å². The van der Waals surface area contributed by atoms with E-state index in [0.29, 0.717) is 35.9 Å². The van der Waals surface area contributed by atoms with Crippen molar-refractivity contribution in [1.29, 1.82) is 0 Å². The summed E-state index contributed by atoms with van der Waals surface area (Å²) < 4.78 is 1.76. The molecular weight excluding hydrogens is 450 g/mol. The van der Waals surface area contributed by atoms with Crippen LogP contribution in [0.4, 0.5) is 0 Å². The standard InChI is InChI=1S/C30H33N3O3/c1-21(2)16-25(23-12-7-4-8-13-23)19-31-29(34)27-14-9-15-28-32-26(20-33(27)28)18-24(30(35)36)17-22-10-5-3-6-11-22/h3-15,20-21,24-25H,16-19H2,1-2H3,(H,31,34)(H,35,36). The number of benzene rings is 2. The minimum Gasteiger partial charge on any atom is -0.481 e. The Bertz CT molecular complexity index is 1300. The number of rotatable bonds is 11. The summed E-state index contributed by atoms with van der Waals surface area (Å²) in [6.45, 7) is 4.92. The minimum absolute atomic E-state index is 0.173. The van der Waals surface area contributed by atoms with Crippen molar-refractivity contribution in [2.24, 2.45) is 11.8 Å². The number of aromatic nitrogens is 2. The van der Waals surface area contributed by atoms with Crippen molar-refractivity contribution in [1.82, 2.24) is 14.7 Å². The van der Waals surface area contributed by atoms with E-state index in [0.717, 1.165) is 12.0 Å². The van der Waals surface area contributed by atoms with Crippen LogP contribution < -0.4 is 5.32 Å². The predicted octanol–water partition coefficient (Wildman–Crippen LogP) is 5.38. The third-order valence-electron chi connectivity index (χ3n) is 6.44. The maximum absolute atomic E-state index is 13.2. The number of pyridine rings is 1. The van der Waals surface area contributed by atoms with Crippen LogP contribution in [0.5, 0.6) is 0 Å². The smallest absolute Gasteiger partial charge is 0.307 e. The predicted molar refractivity (Wildman–Crippen MR) is 141 cm³/mol. The lowest BCUT2D eigenvalue weighted by atomic mass is 9.90. The van der Waals surface area contributed by atoms with Gasteiger partial charge >= 0.3 is 5.97 Å². The summed E-state index contributed by atoms with van der Waals surface area (Å²) in [4.78, 5) is 29.8. The molecule has 6 heteroatoms. The van der Waals surface area contributed by atoms with Gasteiger partial charge in [-0.25, -0.2) is 4.98 Å². The first-order valence-corrected chi connectivity index (χ1v) is 12.5. The molecule has 0 aliphatic rings. The van der Waals surface area contributed by atoms with Gasteiger partial charge in [0, 0.05) is 25.1 Å². The zero-order chi connectivity index (χ0) is 25.5. The summed E-state index contributed by atoms with van der Waals surface area (Å²) in [7, 11) is 0. The highest BCUT2D eigenvalue weighted by molar-refractivity contribution is 5.93. The third kappa shape index (κ3) is 6.39. The van der Waals surface area contributed by atoms with Crippen LogP contribution in [-0.2, 0) is 17.6 Å². The fourth-order valence-corrected chi connectivity index (χ4v) is 4.68. The van der Waals surface area contributed by atoms with E-state index < -0.39 is 11.9 Å². The van der Waals surface area contributed by atoms with E-state index in [2.05, 4.69) is 36.3 Å². The van der Waals surface area contributed by atoms with Crippen molar-refractivity contribution in [3.05, 3.63) is 108 Å². The zero-order valence-corrected chi connectivity index (χ0v) is 20.8. The van der Waals surface area contributed by atoms with Gasteiger partial charge in [0.25, 0.3) is 5.91 Å². The molecule has 2 atom stereocenters. The molecule has 2 N–H and O–H groups in total. The lowest BCUT2D eigenvalue weighted by Crippen LogP contribution is -2.30. The van der Waals surface area contributed by atoms with Gasteiger partial charge in [0.1, 0.15) is 11.3 Å². The quantitative estimate of drug-likeness (QED) is 0.300. The number of nitrogens with zero attached hydrogens (tertiary/aromatic N) is 2. The van der Waals surface area contributed by atoms with E-state index in [1.54, 1.807) is 16.7 Å². The Morgan fingerprint density at radius 3 is 2.28 bits per heavy atom. The third-order valence-corrected chi connectivity index (χ3v) is 6.44. The molecule has 2 aromatic carbocycles. The highest BCUT2D eigenvalue weighted by atomic mass is 16.4. The van der Waals surface area contributed by atoms with Gasteiger partial charge in [0.05, 0.1) is 11.6 Å². The highest BCUT2D eigenvalue weighted by Gasteiger charge is 2.22. The van der Waals surface area contributed by atoms with Crippen LogP contribution in [-0.4, -0.2) is 32.9 Å². The van der Waals surface area contributed by atoms with Crippen LogP contribution in [0.25, 0.3) is 5.65 Å². The Kier molecular flexibility index (Phi) is 8.16. The average molecular weight is 484 g/mol. The number of carbonyl (C=O) groups is 2. The van der Waals surface area contributed by atoms with E-state index >= 15 is 0 Å². The van der Waals surface area contributed by atoms with Gasteiger partial charge in [0.2, 0.25) is 0 Å². The topological polar surface area (TPSA) is 83.7 Å². The Labute approximate surface area is 212 Å². The van der Waals surface area contributed by atoms with Gasteiger partial charge in [-0.3, -0.25) is 14.0 Å². The number of carbonyl (C=O) groups excluding carboxylic acids is 1. The Morgan fingerprint density at radius 2 is 1.61 bits per heavy atom. The van der Waals surface area contributed by atoms with Gasteiger partial charge in [-0.05, 0) is 42.0 Å². The van der Waals surface area contributed by atoms with Crippen LogP contribution in [0, 0.1) is 11.8 Å². The second-order valence-electron chi connectivity index (χ2n) is 9.75. The summed E-state index contributed by atoms with van der Waals surface area (Å²) in [5, 5.41) is 12.9. The first kappa shape index (κ1) is 25.2. The number of fused-ring (bicyclic) bond motifs is 1. The lowest BCUT2D eigenvalue weighted by Gasteiger charge is -2.20. The van der Waals surface area contributed by atoms with Crippen LogP contribution in [0.3, 0.4) is 0 Å². The van der Waals surface area contributed by atoms with Crippen molar-refractivity contribution in [3.8, 4) is 0 Å². The molecule has 2 unspecified atom stereocenters. The average Bonchev–Trinajstić information content (AvgIpc) is 3.29. The zero-order valence-electron chi connectivity index (χ0n) is 20.8. The molecule has 0 fully saturated rings. The van der Waals surface area contributed by atoms with Gasteiger partial charge < -0.3 is 10.4 Å². The van der Waals surface area contributed by atoms with Crippen molar-refractivity contribution < 1.29 is 14.7 Å². The maximum atomic E-state index is 13.2. The molecule has 4 rings (SSSR count). The summed E-state index contributed by atoms with van der Waals surface area (Å²) in [5.74, 6) is -0.900. The van der Waals surface area contributed by atoms with Gasteiger partial charge in [-0.15, -0.1) is 0 Å². The monoisotopic (exact) mass is 483 g/mol. The number of nitrogens with one attached hydrogen (secondary N) is 1. The maximum Gasteiger partial charge on any atom is 0.307 e. The van der Waals surface area contributed by atoms with Crippen molar-refractivity contribution in [2.75, 3.05) is 6.54 Å². The number of carboxylic acid groups (broad SMARTS) is 1. The summed E-state index contributed by atoms with van der Waals surface area (Å²) in [5.41, 5.74) is 3.96. The number of aliphatic carboxylic acids is 1. The van der Waals surface area contributed by atoms with Crippen LogP contribution in [0.2, 0.25) is 0 Å². The highest BCUT2D eigenvalue weighted by Crippen LogP contribution is 2.23.